The largest absolute Gasteiger partial charge is 0.396 e. The van der Waals surface area contributed by atoms with Crippen molar-refractivity contribution < 1.29 is 15.3 Å². The molecule has 0 unspecified atom stereocenters. The van der Waals surface area contributed by atoms with Crippen LogP contribution in [0.2, 0.25) is 0 Å². The van der Waals surface area contributed by atoms with E-state index in [1.807, 2.05) is 0 Å². The Morgan fingerprint density at radius 3 is 2.11 bits per heavy atom. The molecule has 3 nitrogen and oxygen atoms in total. The Morgan fingerprint density at radius 2 is 1.67 bits per heavy atom. The van der Waals surface area contributed by atoms with Gasteiger partial charge in [-0.15, -0.1) is 0 Å². The van der Waals surface area contributed by atoms with Crippen molar-refractivity contribution in [2.75, 3.05) is 13.2 Å². The molecule has 0 aromatic rings. The van der Waals surface area contributed by atoms with E-state index < -0.39 is 6.10 Å². The first-order valence-corrected chi connectivity index (χ1v) is 3.21. The maximum absolute atomic E-state index is 8.91. The van der Waals surface area contributed by atoms with Gasteiger partial charge in [-0.1, -0.05) is 0 Å². The lowest BCUT2D eigenvalue weighted by Gasteiger charge is -2.05. The zero-order chi connectivity index (χ0) is 7.11. The Bertz CT molecular complexity index is 56.3. The molecule has 0 aromatic heterocycles. The van der Waals surface area contributed by atoms with Gasteiger partial charge in [0.2, 0.25) is 0 Å². The van der Waals surface area contributed by atoms with Gasteiger partial charge in [-0.25, -0.2) is 0 Å². The summed E-state index contributed by atoms with van der Waals surface area (Å²) in [7, 11) is 0. The van der Waals surface area contributed by atoms with Crippen LogP contribution in [0.25, 0.3) is 0 Å². The van der Waals surface area contributed by atoms with Crippen molar-refractivity contribution in [3.05, 3.63) is 0 Å². The monoisotopic (exact) mass is 134 g/mol. The number of aliphatic hydroxyl groups is 3. The molecule has 9 heavy (non-hydrogen) atoms. The molecule has 0 saturated carbocycles. The molecule has 0 rings (SSSR count). The fourth-order valence-corrected chi connectivity index (χ4v) is 0.620. The first kappa shape index (κ1) is 8.88. The van der Waals surface area contributed by atoms with Crippen LogP contribution in [0.4, 0.5) is 0 Å². The minimum atomic E-state index is -0.442. The SMILES string of the molecule is OCCC[C@@H](O)CCO. The summed E-state index contributed by atoms with van der Waals surface area (Å²) in [6.07, 6.45) is 1.17. The summed E-state index contributed by atoms with van der Waals surface area (Å²) >= 11 is 0. The lowest BCUT2D eigenvalue weighted by molar-refractivity contribution is 0.116. The maximum Gasteiger partial charge on any atom is 0.0563 e. The summed E-state index contributed by atoms with van der Waals surface area (Å²) < 4.78 is 0. The second-order valence-corrected chi connectivity index (χ2v) is 2.03. The average molecular weight is 134 g/mol. The van der Waals surface area contributed by atoms with Crippen LogP contribution < -0.4 is 0 Å². The van der Waals surface area contributed by atoms with Crippen LogP contribution in [0.15, 0.2) is 0 Å². The molecule has 0 spiro atoms. The van der Waals surface area contributed by atoms with E-state index in [9.17, 15) is 0 Å². The first-order valence-electron chi connectivity index (χ1n) is 3.21. The van der Waals surface area contributed by atoms with Crippen molar-refractivity contribution in [3.63, 3.8) is 0 Å². The van der Waals surface area contributed by atoms with Crippen molar-refractivity contribution in [3.8, 4) is 0 Å². The van der Waals surface area contributed by atoms with E-state index in [0.717, 1.165) is 0 Å². The molecule has 0 bridgehead atoms. The Hall–Kier alpha value is -0.120. The third-order valence-corrected chi connectivity index (χ3v) is 1.16. The average Bonchev–Trinajstić information content (AvgIpc) is 1.85. The Kier molecular flexibility index (Phi) is 5.93. The van der Waals surface area contributed by atoms with Crippen molar-refractivity contribution in [2.24, 2.45) is 0 Å². The molecular weight excluding hydrogens is 120 g/mol. The van der Waals surface area contributed by atoms with Gasteiger partial charge >= 0.3 is 0 Å². The molecule has 3 heteroatoms. The van der Waals surface area contributed by atoms with Gasteiger partial charge in [0.05, 0.1) is 6.10 Å². The van der Waals surface area contributed by atoms with E-state index >= 15 is 0 Å². The van der Waals surface area contributed by atoms with E-state index in [1.54, 1.807) is 0 Å². The van der Waals surface area contributed by atoms with Gasteiger partial charge < -0.3 is 15.3 Å². The van der Waals surface area contributed by atoms with Gasteiger partial charge in [-0.3, -0.25) is 0 Å². The van der Waals surface area contributed by atoms with E-state index in [-0.39, 0.29) is 13.2 Å². The highest BCUT2D eigenvalue weighted by Gasteiger charge is 2.00. The van der Waals surface area contributed by atoms with E-state index in [2.05, 4.69) is 0 Å². The summed E-state index contributed by atoms with van der Waals surface area (Å²) in [5.41, 5.74) is 0. The highest BCUT2D eigenvalue weighted by Crippen LogP contribution is 1.99. The molecule has 0 heterocycles. The van der Waals surface area contributed by atoms with Crippen molar-refractivity contribution >= 4 is 0 Å². The number of hydrogen-bond donors (Lipinski definition) is 3. The second kappa shape index (κ2) is 6.01. The molecule has 56 valence electrons. The number of aliphatic hydroxyl groups excluding tert-OH is 3. The van der Waals surface area contributed by atoms with Crippen LogP contribution >= 0.6 is 0 Å². The fourth-order valence-electron chi connectivity index (χ4n) is 0.620. The Balaban J connectivity index is 2.95. The van der Waals surface area contributed by atoms with Crippen LogP contribution in [0.3, 0.4) is 0 Å². The normalized spacial score (nSPS) is 13.7. The highest BCUT2D eigenvalue weighted by molar-refractivity contribution is 4.53. The smallest absolute Gasteiger partial charge is 0.0563 e. The lowest BCUT2D eigenvalue weighted by atomic mass is 10.1. The van der Waals surface area contributed by atoms with Gasteiger partial charge in [0.15, 0.2) is 0 Å². The van der Waals surface area contributed by atoms with Crippen LogP contribution in [0, 0.1) is 0 Å². The number of rotatable bonds is 5. The minimum absolute atomic E-state index is 0.0204. The zero-order valence-electron chi connectivity index (χ0n) is 5.45. The third kappa shape index (κ3) is 5.76. The minimum Gasteiger partial charge on any atom is -0.396 e. The molecule has 3 N–H and O–H groups in total. The van der Waals surface area contributed by atoms with Crippen molar-refractivity contribution in [1.29, 1.82) is 0 Å². The summed E-state index contributed by atoms with van der Waals surface area (Å²) in [5.74, 6) is 0. The molecule has 0 aliphatic carbocycles. The molecular formula is C6H14O3. The number of hydrogen-bond acceptors (Lipinski definition) is 3. The summed E-state index contributed by atoms with van der Waals surface area (Å²) in [4.78, 5) is 0. The zero-order valence-corrected chi connectivity index (χ0v) is 5.45. The maximum atomic E-state index is 8.91. The molecule has 1 atom stereocenters. The van der Waals surface area contributed by atoms with Gasteiger partial charge in [-0.05, 0) is 19.3 Å². The third-order valence-electron chi connectivity index (χ3n) is 1.16. The molecule has 0 aliphatic rings. The quantitative estimate of drug-likeness (QED) is 0.475. The van der Waals surface area contributed by atoms with Gasteiger partial charge in [-0.2, -0.15) is 0 Å². The van der Waals surface area contributed by atoms with Crippen molar-refractivity contribution in [1.82, 2.24) is 0 Å². The van der Waals surface area contributed by atoms with E-state index in [1.165, 1.54) is 0 Å². The fraction of sp³-hybridized carbons (Fsp3) is 1.00. The molecule has 0 radical (unpaired) electrons. The summed E-state index contributed by atoms with van der Waals surface area (Å²) in [6.45, 7) is 0.134. The molecule has 0 amide bonds. The molecule has 0 fully saturated rings. The van der Waals surface area contributed by atoms with E-state index in [4.69, 9.17) is 15.3 Å². The molecule has 0 saturated heterocycles. The lowest BCUT2D eigenvalue weighted by Crippen LogP contribution is -2.08. The summed E-state index contributed by atoms with van der Waals surface area (Å²) in [5, 5.41) is 25.5. The second-order valence-electron chi connectivity index (χ2n) is 2.03. The highest BCUT2D eigenvalue weighted by atomic mass is 16.3. The van der Waals surface area contributed by atoms with Crippen LogP contribution in [0.5, 0.6) is 0 Å². The predicted molar refractivity (Wildman–Crippen MR) is 34.0 cm³/mol. The standard InChI is InChI=1S/C6H14O3/c7-4-1-2-6(9)3-5-8/h6-9H,1-5H2/t6-/m1/s1. The topological polar surface area (TPSA) is 60.7 Å². The molecule has 0 aliphatic heterocycles. The van der Waals surface area contributed by atoms with Gasteiger partial charge in [0.25, 0.3) is 0 Å². The molecule has 0 aromatic carbocycles. The van der Waals surface area contributed by atoms with Gasteiger partial charge in [0.1, 0.15) is 0 Å². The van der Waals surface area contributed by atoms with Crippen LogP contribution in [0.1, 0.15) is 19.3 Å². The van der Waals surface area contributed by atoms with Crippen molar-refractivity contribution in [2.45, 2.75) is 25.4 Å². The summed E-state index contributed by atoms with van der Waals surface area (Å²) in [6, 6.07) is 0. The van der Waals surface area contributed by atoms with Gasteiger partial charge in [0, 0.05) is 13.2 Å². The first-order chi connectivity index (χ1) is 4.31. The van der Waals surface area contributed by atoms with Crippen LogP contribution in [-0.4, -0.2) is 34.6 Å². The Labute approximate surface area is 54.9 Å². The van der Waals surface area contributed by atoms with Crippen LogP contribution in [-0.2, 0) is 0 Å². The van der Waals surface area contributed by atoms with E-state index in [0.29, 0.717) is 19.3 Å². The predicted octanol–water partition coefficient (Wildman–Crippen LogP) is -0.498. The Morgan fingerprint density at radius 1 is 1.00 bits per heavy atom.